The fourth-order valence-electron chi connectivity index (χ4n) is 1.84. The average Bonchev–Trinajstić information content (AvgIpc) is 2.63. The molecule has 3 nitrogen and oxygen atoms in total. The number of fused-ring (bicyclic) bond motifs is 1. The second-order valence-corrected chi connectivity index (χ2v) is 4.02. The fraction of sp³-hybridized carbons (Fsp3) is 0.545. The Hall–Kier alpha value is -1.25. The molecule has 0 N–H and O–H groups in total. The minimum absolute atomic E-state index is 0.291. The lowest BCUT2D eigenvalue weighted by atomic mass is 10.1. The van der Waals surface area contributed by atoms with Crippen LogP contribution in [0.25, 0.3) is 0 Å². The molecule has 1 aliphatic carbocycles. The van der Waals surface area contributed by atoms with Gasteiger partial charge in [-0.15, -0.1) is 0 Å². The number of carbonyl (C=O) groups is 1. The molecule has 0 spiro atoms. The van der Waals surface area contributed by atoms with Gasteiger partial charge < -0.3 is 0 Å². The smallest absolute Gasteiger partial charge is 0.168 e. The van der Waals surface area contributed by atoms with E-state index in [-0.39, 0.29) is 0 Å². The van der Waals surface area contributed by atoms with Crippen LogP contribution in [-0.2, 0) is 12.8 Å². The van der Waals surface area contributed by atoms with E-state index in [9.17, 15) is 4.79 Å². The van der Waals surface area contributed by atoms with Crippen molar-refractivity contribution in [2.45, 2.75) is 39.0 Å². The van der Waals surface area contributed by atoms with Gasteiger partial charge in [-0.2, -0.15) is 0 Å². The lowest BCUT2D eigenvalue weighted by Crippen LogP contribution is -2.06. The number of carbonyl (C=O) groups excluding carboxylic acids is 1. The molecule has 1 heterocycles. The molecule has 14 heavy (non-hydrogen) atoms. The minimum atomic E-state index is 0.291. The molecule has 74 valence electrons. The van der Waals surface area contributed by atoms with Gasteiger partial charge in [0.1, 0.15) is 11.5 Å². The predicted molar refractivity (Wildman–Crippen MR) is 53.5 cm³/mol. The lowest BCUT2D eigenvalue weighted by Gasteiger charge is -2.07. The maximum Gasteiger partial charge on any atom is 0.168 e. The molecular formula is C11H14N2O. The maximum absolute atomic E-state index is 10.9. The van der Waals surface area contributed by atoms with Crippen LogP contribution in [0.4, 0.5) is 0 Å². The van der Waals surface area contributed by atoms with E-state index in [1.165, 1.54) is 0 Å². The standard InChI is InChI=1S/C11H14N2O/c1-7(2)11-12-9-5-3-4-8(9)10(6-14)13-11/h6-7H,3-5H2,1-2H3. The van der Waals surface area contributed by atoms with Gasteiger partial charge in [-0.1, -0.05) is 13.8 Å². The summed E-state index contributed by atoms with van der Waals surface area (Å²) in [6.07, 6.45) is 3.92. The van der Waals surface area contributed by atoms with E-state index in [1.54, 1.807) is 0 Å². The highest BCUT2D eigenvalue weighted by molar-refractivity contribution is 5.75. The molecule has 0 atom stereocenters. The first-order valence-electron chi connectivity index (χ1n) is 5.07. The molecule has 0 aromatic carbocycles. The van der Waals surface area contributed by atoms with Crippen molar-refractivity contribution in [2.24, 2.45) is 0 Å². The van der Waals surface area contributed by atoms with Crippen molar-refractivity contribution in [3.05, 3.63) is 22.8 Å². The summed E-state index contributed by atoms with van der Waals surface area (Å²) in [5.74, 6) is 1.09. The molecule has 2 rings (SSSR count). The van der Waals surface area contributed by atoms with Gasteiger partial charge in [-0.05, 0) is 19.3 Å². The Morgan fingerprint density at radius 1 is 1.29 bits per heavy atom. The van der Waals surface area contributed by atoms with Crippen molar-refractivity contribution in [3.63, 3.8) is 0 Å². The van der Waals surface area contributed by atoms with Crippen LogP contribution < -0.4 is 0 Å². The minimum Gasteiger partial charge on any atom is -0.296 e. The molecule has 0 amide bonds. The molecule has 0 bridgehead atoms. The van der Waals surface area contributed by atoms with E-state index >= 15 is 0 Å². The van der Waals surface area contributed by atoms with Crippen LogP contribution in [-0.4, -0.2) is 16.3 Å². The van der Waals surface area contributed by atoms with Gasteiger partial charge in [0.05, 0.1) is 0 Å². The van der Waals surface area contributed by atoms with Crippen molar-refractivity contribution in [1.29, 1.82) is 0 Å². The molecule has 0 radical (unpaired) electrons. The van der Waals surface area contributed by atoms with Gasteiger partial charge in [0.25, 0.3) is 0 Å². The van der Waals surface area contributed by atoms with Gasteiger partial charge in [0, 0.05) is 17.2 Å². The predicted octanol–water partition coefficient (Wildman–Crippen LogP) is 1.90. The van der Waals surface area contributed by atoms with E-state index in [2.05, 4.69) is 9.97 Å². The van der Waals surface area contributed by atoms with Gasteiger partial charge in [-0.25, -0.2) is 9.97 Å². The fourth-order valence-corrected chi connectivity index (χ4v) is 1.84. The Balaban J connectivity index is 2.54. The first kappa shape index (κ1) is 9.31. The van der Waals surface area contributed by atoms with Crippen LogP contribution in [0.15, 0.2) is 0 Å². The first-order valence-corrected chi connectivity index (χ1v) is 5.07. The van der Waals surface area contributed by atoms with Crippen LogP contribution in [0, 0.1) is 0 Å². The molecule has 0 saturated heterocycles. The van der Waals surface area contributed by atoms with Crippen LogP contribution in [0.2, 0.25) is 0 Å². The number of hydrogen-bond donors (Lipinski definition) is 0. The van der Waals surface area contributed by atoms with Crippen molar-refractivity contribution >= 4 is 6.29 Å². The van der Waals surface area contributed by atoms with E-state index < -0.39 is 0 Å². The summed E-state index contributed by atoms with van der Waals surface area (Å²) in [5, 5.41) is 0. The van der Waals surface area contributed by atoms with Crippen molar-refractivity contribution in [1.82, 2.24) is 9.97 Å². The third-order valence-corrected chi connectivity index (χ3v) is 2.61. The van der Waals surface area contributed by atoms with Crippen LogP contribution in [0.5, 0.6) is 0 Å². The maximum atomic E-state index is 10.9. The van der Waals surface area contributed by atoms with Gasteiger partial charge in [0.2, 0.25) is 0 Å². The topological polar surface area (TPSA) is 42.9 Å². The largest absolute Gasteiger partial charge is 0.296 e. The van der Waals surface area contributed by atoms with Gasteiger partial charge in [-0.3, -0.25) is 4.79 Å². The number of aromatic nitrogens is 2. The Morgan fingerprint density at radius 3 is 2.71 bits per heavy atom. The van der Waals surface area contributed by atoms with Crippen molar-refractivity contribution < 1.29 is 4.79 Å². The van der Waals surface area contributed by atoms with E-state index in [0.29, 0.717) is 11.6 Å². The SMILES string of the molecule is CC(C)c1nc(C=O)c2c(n1)CCC2. The van der Waals surface area contributed by atoms with E-state index in [0.717, 1.165) is 42.6 Å². The molecule has 1 aromatic heterocycles. The van der Waals surface area contributed by atoms with Crippen LogP contribution >= 0.6 is 0 Å². The second-order valence-electron chi connectivity index (χ2n) is 4.02. The van der Waals surface area contributed by atoms with Crippen molar-refractivity contribution in [2.75, 3.05) is 0 Å². The van der Waals surface area contributed by atoms with Crippen molar-refractivity contribution in [3.8, 4) is 0 Å². The number of aryl methyl sites for hydroxylation is 1. The highest BCUT2D eigenvalue weighted by atomic mass is 16.1. The number of rotatable bonds is 2. The monoisotopic (exact) mass is 190 g/mol. The molecule has 0 fully saturated rings. The lowest BCUT2D eigenvalue weighted by molar-refractivity contribution is 0.111. The second kappa shape index (κ2) is 3.48. The molecule has 0 aliphatic heterocycles. The van der Waals surface area contributed by atoms with Gasteiger partial charge in [0.15, 0.2) is 6.29 Å². The third-order valence-electron chi connectivity index (χ3n) is 2.61. The van der Waals surface area contributed by atoms with Crippen LogP contribution in [0.3, 0.4) is 0 Å². The summed E-state index contributed by atoms with van der Waals surface area (Å²) in [6.45, 7) is 4.09. The Morgan fingerprint density at radius 2 is 2.07 bits per heavy atom. The van der Waals surface area contributed by atoms with E-state index in [1.807, 2.05) is 13.8 Å². The number of aldehydes is 1. The summed E-state index contributed by atoms with van der Waals surface area (Å²) in [6, 6.07) is 0. The molecule has 0 saturated carbocycles. The molecule has 1 aliphatic rings. The summed E-state index contributed by atoms with van der Waals surface area (Å²) in [4.78, 5) is 19.6. The summed E-state index contributed by atoms with van der Waals surface area (Å²) in [5.41, 5.74) is 2.77. The van der Waals surface area contributed by atoms with Crippen LogP contribution in [0.1, 0.15) is 53.8 Å². The zero-order valence-electron chi connectivity index (χ0n) is 8.58. The highest BCUT2D eigenvalue weighted by Gasteiger charge is 2.19. The highest BCUT2D eigenvalue weighted by Crippen LogP contribution is 2.23. The average molecular weight is 190 g/mol. The Labute approximate surface area is 83.6 Å². The number of nitrogens with zero attached hydrogens (tertiary/aromatic N) is 2. The zero-order valence-corrected chi connectivity index (χ0v) is 8.58. The molecular weight excluding hydrogens is 176 g/mol. The van der Waals surface area contributed by atoms with E-state index in [4.69, 9.17) is 0 Å². The first-order chi connectivity index (χ1) is 6.72. The number of hydrogen-bond acceptors (Lipinski definition) is 3. The normalized spacial score (nSPS) is 14.5. The zero-order chi connectivity index (χ0) is 10.1. The molecule has 0 unspecified atom stereocenters. The Bertz CT molecular complexity index is 372. The Kier molecular flexibility index (Phi) is 2.32. The summed E-state index contributed by atoms with van der Waals surface area (Å²) in [7, 11) is 0. The molecule has 1 aromatic rings. The summed E-state index contributed by atoms with van der Waals surface area (Å²) < 4.78 is 0. The quantitative estimate of drug-likeness (QED) is 0.669. The third kappa shape index (κ3) is 1.43. The van der Waals surface area contributed by atoms with Gasteiger partial charge >= 0.3 is 0 Å². The summed E-state index contributed by atoms with van der Waals surface area (Å²) >= 11 is 0. The molecule has 3 heteroatoms.